The number of nitrogens with zero attached hydrogens (tertiary/aromatic N) is 1. The number of aromatic hydroxyl groups is 1. The van der Waals surface area contributed by atoms with Gasteiger partial charge in [-0.1, -0.05) is 25.0 Å². The minimum absolute atomic E-state index is 0.0580. The van der Waals surface area contributed by atoms with Crippen LogP contribution in [0.15, 0.2) is 50.4 Å². The lowest BCUT2D eigenvalue weighted by Crippen LogP contribution is -2.10. The normalized spacial score (nSPS) is 14.5. The number of esters is 1. The van der Waals surface area contributed by atoms with Crippen molar-refractivity contribution < 1.29 is 19.1 Å². The van der Waals surface area contributed by atoms with E-state index in [0.717, 1.165) is 25.7 Å². The molecule has 0 bridgehead atoms. The molecule has 0 radical (unpaired) electrons. The zero-order chi connectivity index (χ0) is 23.6. The maximum atomic E-state index is 13.2. The Labute approximate surface area is 191 Å². The molecule has 3 N–H and O–H groups in total. The number of aromatic nitrogens is 3. The molecule has 0 atom stereocenters. The van der Waals surface area contributed by atoms with Crippen molar-refractivity contribution in [3.05, 3.63) is 62.5 Å². The van der Waals surface area contributed by atoms with E-state index in [1.165, 1.54) is 13.2 Å². The molecule has 0 aliphatic heterocycles. The van der Waals surface area contributed by atoms with Gasteiger partial charge in [-0.2, -0.15) is 0 Å². The van der Waals surface area contributed by atoms with Gasteiger partial charge in [0.1, 0.15) is 5.65 Å². The summed E-state index contributed by atoms with van der Waals surface area (Å²) in [7, 11) is 1.31. The van der Waals surface area contributed by atoms with Crippen LogP contribution < -0.4 is 11.0 Å². The number of carbonyl (C=O) groups is 1. The summed E-state index contributed by atoms with van der Waals surface area (Å²) in [6, 6.07) is 9.73. The van der Waals surface area contributed by atoms with Gasteiger partial charge in [-0.25, -0.2) is 4.79 Å². The minimum Gasteiger partial charge on any atom is -0.502 e. The average Bonchev–Trinajstić information content (AvgIpc) is 3.58. The van der Waals surface area contributed by atoms with Gasteiger partial charge >= 0.3 is 5.97 Å². The fraction of sp³-hybridized carbons (Fsp3) is 0.240. The number of phenols is 1. The molecule has 34 heavy (non-hydrogen) atoms. The summed E-state index contributed by atoms with van der Waals surface area (Å²) < 4.78 is 12.7. The number of carbonyl (C=O) groups excluding carboxylic acids is 1. The van der Waals surface area contributed by atoms with Gasteiger partial charge in [0, 0.05) is 10.9 Å². The number of pyridine rings is 1. The predicted molar refractivity (Wildman–Crippen MR) is 126 cm³/mol. The van der Waals surface area contributed by atoms with Gasteiger partial charge in [0.15, 0.2) is 11.2 Å². The maximum absolute atomic E-state index is 13.2. The van der Waals surface area contributed by atoms with Crippen molar-refractivity contribution in [3.63, 3.8) is 0 Å². The number of furan rings is 1. The Balaban J connectivity index is 1.74. The summed E-state index contributed by atoms with van der Waals surface area (Å²) in [5, 5.41) is 14.3. The Morgan fingerprint density at radius 3 is 2.53 bits per heavy atom. The van der Waals surface area contributed by atoms with E-state index in [0.29, 0.717) is 44.2 Å². The van der Waals surface area contributed by atoms with Crippen LogP contribution >= 0.6 is 0 Å². The summed E-state index contributed by atoms with van der Waals surface area (Å²) in [6.45, 7) is 0. The first-order valence-electron chi connectivity index (χ1n) is 11.1. The largest absolute Gasteiger partial charge is 0.502 e. The molecule has 172 valence electrons. The monoisotopic (exact) mass is 459 g/mol. The smallest absolute Gasteiger partial charge is 0.337 e. The number of nitrogens with one attached hydrogen (secondary N) is 2. The molecule has 5 aromatic rings. The van der Waals surface area contributed by atoms with Crippen molar-refractivity contribution in [2.24, 2.45) is 0 Å². The molecule has 0 amide bonds. The number of benzene rings is 2. The zero-order valence-electron chi connectivity index (χ0n) is 18.3. The lowest BCUT2D eigenvalue weighted by molar-refractivity contribution is 0.0600. The van der Waals surface area contributed by atoms with Crippen LogP contribution in [0.3, 0.4) is 0 Å². The fourth-order valence-electron chi connectivity index (χ4n) is 5.07. The Bertz CT molecular complexity index is 1710. The van der Waals surface area contributed by atoms with Gasteiger partial charge in [-0.15, -0.1) is 0 Å². The van der Waals surface area contributed by atoms with Gasteiger partial charge < -0.3 is 19.2 Å². The lowest BCUT2D eigenvalue weighted by Gasteiger charge is -2.13. The molecule has 0 saturated heterocycles. The standard InChI is InChI=1S/C25H21N3O6/c1-33-25(32)13-8-6-12(7-9-13)17-18-23(28(27-24(18)31)14-4-2-3-5-14)26-19-15-10-11-16(29)20(30)21(15)34-22(17)19/h6-11,14,26,30H,2-5H2,1H3,(H,27,31). The van der Waals surface area contributed by atoms with Crippen LogP contribution in [0.5, 0.6) is 5.75 Å². The van der Waals surface area contributed by atoms with E-state index in [-0.39, 0.29) is 17.2 Å². The Morgan fingerprint density at radius 2 is 1.82 bits per heavy atom. The Kier molecular flexibility index (Phi) is 4.41. The van der Waals surface area contributed by atoms with E-state index in [1.54, 1.807) is 30.3 Å². The molecular formula is C25H21N3O6. The van der Waals surface area contributed by atoms with Crippen LogP contribution in [0, 0.1) is 0 Å². The summed E-state index contributed by atoms with van der Waals surface area (Å²) in [5.74, 6) is -0.948. The lowest BCUT2D eigenvalue weighted by atomic mass is 10.0. The number of methoxy groups -OCH3 is 1. The summed E-state index contributed by atoms with van der Waals surface area (Å²) in [4.78, 5) is 40.5. The van der Waals surface area contributed by atoms with Gasteiger partial charge in [-0.3, -0.25) is 19.4 Å². The molecule has 3 heterocycles. The van der Waals surface area contributed by atoms with Crippen molar-refractivity contribution in [2.45, 2.75) is 31.7 Å². The van der Waals surface area contributed by atoms with Crippen LogP contribution in [0.2, 0.25) is 0 Å². The molecule has 0 spiro atoms. The van der Waals surface area contributed by atoms with Crippen LogP contribution in [0.1, 0.15) is 42.1 Å². The number of ether oxygens (including phenoxy) is 1. The van der Waals surface area contributed by atoms with Crippen LogP contribution in [0.4, 0.5) is 0 Å². The molecule has 1 saturated carbocycles. The molecule has 9 heteroatoms. The number of fused-ring (bicyclic) bond motifs is 4. The number of rotatable bonds is 3. The summed E-state index contributed by atoms with van der Waals surface area (Å²) in [6.07, 6.45) is 4.10. The van der Waals surface area contributed by atoms with Gasteiger partial charge in [0.25, 0.3) is 5.56 Å². The van der Waals surface area contributed by atoms with Gasteiger partial charge in [-0.05, 0) is 42.7 Å². The summed E-state index contributed by atoms with van der Waals surface area (Å²) >= 11 is 0. The average molecular weight is 459 g/mol. The van der Waals surface area contributed by atoms with Crippen LogP contribution in [0.25, 0.3) is 44.2 Å². The number of hydrogen-bond donors (Lipinski definition) is 3. The maximum Gasteiger partial charge on any atom is 0.337 e. The Hall–Kier alpha value is -4.27. The van der Waals surface area contributed by atoms with Crippen LogP contribution in [-0.4, -0.2) is 33.0 Å². The Morgan fingerprint density at radius 1 is 1.09 bits per heavy atom. The molecule has 2 aromatic carbocycles. The molecule has 1 aliphatic carbocycles. The molecule has 6 rings (SSSR count). The number of aromatic amines is 2. The SMILES string of the molecule is COC(=O)c1ccc(-c2c3oc4c(O)c(=O)ccc4c3[nH]c3c2c(=O)[nH]n3C2CCCC2)cc1. The van der Waals surface area contributed by atoms with E-state index in [2.05, 4.69) is 10.1 Å². The van der Waals surface area contributed by atoms with Crippen molar-refractivity contribution in [1.82, 2.24) is 14.8 Å². The van der Waals surface area contributed by atoms with Crippen molar-refractivity contribution in [1.29, 1.82) is 0 Å². The highest BCUT2D eigenvalue weighted by Crippen LogP contribution is 2.41. The van der Waals surface area contributed by atoms with Crippen molar-refractivity contribution in [2.75, 3.05) is 7.11 Å². The molecule has 1 aliphatic rings. The highest BCUT2D eigenvalue weighted by atomic mass is 16.5. The third kappa shape index (κ3) is 2.83. The quantitative estimate of drug-likeness (QED) is 0.347. The molecule has 0 unspecified atom stereocenters. The minimum atomic E-state index is -0.548. The highest BCUT2D eigenvalue weighted by Gasteiger charge is 2.26. The first-order valence-corrected chi connectivity index (χ1v) is 11.1. The number of H-pyrrole nitrogens is 2. The van der Waals surface area contributed by atoms with E-state index < -0.39 is 17.1 Å². The zero-order valence-corrected chi connectivity index (χ0v) is 18.3. The predicted octanol–water partition coefficient (Wildman–Crippen LogP) is 4.19. The third-order valence-electron chi connectivity index (χ3n) is 6.73. The molecular weight excluding hydrogens is 438 g/mol. The highest BCUT2D eigenvalue weighted by molar-refractivity contribution is 6.15. The fourth-order valence-corrected chi connectivity index (χ4v) is 5.07. The second-order valence-corrected chi connectivity index (χ2v) is 8.64. The van der Waals surface area contributed by atoms with Gasteiger partial charge in [0.05, 0.1) is 29.6 Å². The molecule has 1 fully saturated rings. The van der Waals surface area contributed by atoms with E-state index in [9.17, 15) is 19.5 Å². The van der Waals surface area contributed by atoms with Crippen LogP contribution in [-0.2, 0) is 4.74 Å². The van der Waals surface area contributed by atoms with E-state index >= 15 is 0 Å². The molecule has 3 aromatic heterocycles. The summed E-state index contributed by atoms with van der Waals surface area (Å²) in [5.41, 5.74) is 2.28. The van der Waals surface area contributed by atoms with Crippen molar-refractivity contribution >= 4 is 39.1 Å². The second kappa shape index (κ2) is 7.38. The number of hydrogen-bond acceptors (Lipinski definition) is 6. The first kappa shape index (κ1) is 20.3. The topological polar surface area (TPSA) is 130 Å². The number of phenolic OH excluding ortho intramolecular Hbond substituents is 1. The molecule has 9 nitrogen and oxygen atoms in total. The van der Waals surface area contributed by atoms with E-state index in [1.807, 2.05) is 4.68 Å². The second-order valence-electron chi connectivity index (χ2n) is 8.64. The van der Waals surface area contributed by atoms with Gasteiger partial charge in [0.2, 0.25) is 11.2 Å². The third-order valence-corrected chi connectivity index (χ3v) is 6.73. The first-order chi connectivity index (χ1) is 16.5. The van der Waals surface area contributed by atoms with Crippen molar-refractivity contribution in [3.8, 4) is 16.9 Å². The van der Waals surface area contributed by atoms with E-state index in [4.69, 9.17) is 9.15 Å².